The number of hydrogen-bond donors (Lipinski definition) is 0. The molecule has 0 N–H and O–H groups in total. The monoisotopic (exact) mass is 448 g/mol. The van der Waals surface area contributed by atoms with E-state index in [1.807, 2.05) is 68.4 Å². The first-order valence-electron chi connectivity index (χ1n) is 10.4. The molecule has 1 unspecified atom stereocenters. The van der Waals surface area contributed by atoms with Gasteiger partial charge in [0, 0.05) is 10.4 Å². The summed E-state index contributed by atoms with van der Waals surface area (Å²) < 4.78 is 12.3. The van der Waals surface area contributed by atoms with Gasteiger partial charge >= 0.3 is 5.97 Å². The number of hydrogen-bond acceptors (Lipinski definition) is 6. The topological polar surface area (TPSA) is 70.4 Å². The van der Waals surface area contributed by atoms with Crippen LogP contribution in [0.5, 0.6) is 5.75 Å². The van der Waals surface area contributed by atoms with Gasteiger partial charge in [-0.15, -0.1) is 11.3 Å². The third-order valence-electron chi connectivity index (χ3n) is 5.25. The van der Waals surface area contributed by atoms with Crippen LogP contribution in [0.2, 0.25) is 0 Å². The summed E-state index contributed by atoms with van der Waals surface area (Å²) in [6.45, 7) is 6.30. The predicted octanol–water partition coefficient (Wildman–Crippen LogP) is 5.14. The van der Waals surface area contributed by atoms with Gasteiger partial charge in [0.1, 0.15) is 23.2 Å². The minimum absolute atomic E-state index is 0.156. The summed E-state index contributed by atoms with van der Waals surface area (Å²) >= 11 is 1.47. The van der Waals surface area contributed by atoms with E-state index in [9.17, 15) is 9.59 Å². The Kier molecular flexibility index (Phi) is 6.37. The van der Waals surface area contributed by atoms with Gasteiger partial charge in [-0.05, 0) is 44.0 Å². The summed E-state index contributed by atoms with van der Waals surface area (Å²) in [6, 6.07) is 16.3. The molecule has 7 heteroatoms. The number of thiophene rings is 1. The van der Waals surface area contributed by atoms with E-state index in [2.05, 4.69) is 4.98 Å². The molecule has 2 aromatic heterocycles. The standard InChI is InChI=1S/C25H24N2O4S/c1-4-30-20-12-10-19(11-13-20)21-17(3)32-23-22(21)24(28)27(15-26-23)16(2)25(29)31-14-18-8-6-5-7-9-18/h5-13,15-16H,4,14H2,1-3H3. The van der Waals surface area contributed by atoms with E-state index in [0.717, 1.165) is 27.3 Å². The second kappa shape index (κ2) is 9.36. The van der Waals surface area contributed by atoms with Gasteiger partial charge in [0.05, 0.1) is 18.3 Å². The molecule has 1 atom stereocenters. The number of benzene rings is 2. The average Bonchev–Trinajstić information content (AvgIpc) is 3.15. The number of aryl methyl sites for hydroxylation is 1. The van der Waals surface area contributed by atoms with Crippen molar-refractivity contribution in [2.45, 2.75) is 33.4 Å². The zero-order valence-corrected chi connectivity index (χ0v) is 19.0. The highest BCUT2D eigenvalue weighted by Gasteiger charge is 2.22. The molecule has 4 rings (SSSR count). The molecule has 0 saturated heterocycles. The van der Waals surface area contributed by atoms with Crippen molar-refractivity contribution in [2.24, 2.45) is 0 Å². The van der Waals surface area contributed by atoms with Crippen molar-refractivity contribution in [1.82, 2.24) is 9.55 Å². The molecule has 0 radical (unpaired) electrons. The molecular formula is C25H24N2O4S. The van der Waals surface area contributed by atoms with Crippen LogP contribution >= 0.6 is 11.3 Å². The van der Waals surface area contributed by atoms with Gasteiger partial charge in [0.2, 0.25) is 0 Å². The highest BCUT2D eigenvalue weighted by molar-refractivity contribution is 7.19. The quantitative estimate of drug-likeness (QED) is 0.366. The highest BCUT2D eigenvalue weighted by atomic mass is 32.1. The fourth-order valence-electron chi connectivity index (χ4n) is 3.59. The first-order valence-corrected chi connectivity index (χ1v) is 11.2. The van der Waals surface area contributed by atoms with Crippen molar-refractivity contribution >= 4 is 27.5 Å². The summed E-state index contributed by atoms with van der Waals surface area (Å²) in [7, 11) is 0. The molecular weight excluding hydrogens is 424 g/mol. The maximum absolute atomic E-state index is 13.4. The lowest BCUT2D eigenvalue weighted by molar-refractivity contribution is -0.148. The summed E-state index contributed by atoms with van der Waals surface area (Å²) in [5.74, 6) is 0.297. The number of carbonyl (C=O) groups excluding carboxylic acids is 1. The first-order chi connectivity index (χ1) is 15.5. The third kappa shape index (κ3) is 4.29. The number of nitrogens with zero attached hydrogens (tertiary/aromatic N) is 2. The van der Waals surface area contributed by atoms with E-state index in [1.165, 1.54) is 22.2 Å². The van der Waals surface area contributed by atoms with Gasteiger partial charge in [-0.3, -0.25) is 9.36 Å². The lowest BCUT2D eigenvalue weighted by atomic mass is 10.0. The van der Waals surface area contributed by atoms with Gasteiger partial charge < -0.3 is 9.47 Å². The molecule has 0 bridgehead atoms. The van der Waals surface area contributed by atoms with Crippen LogP contribution in [0.15, 0.2) is 65.7 Å². The Balaban J connectivity index is 1.66. The van der Waals surface area contributed by atoms with Crippen molar-refractivity contribution in [3.63, 3.8) is 0 Å². The van der Waals surface area contributed by atoms with Crippen LogP contribution in [0.4, 0.5) is 0 Å². The second-order valence-corrected chi connectivity index (χ2v) is 8.60. The van der Waals surface area contributed by atoms with Crippen molar-refractivity contribution in [2.75, 3.05) is 6.61 Å². The molecule has 164 valence electrons. The second-order valence-electron chi connectivity index (χ2n) is 7.40. The van der Waals surface area contributed by atoms with Crippen molar-refractivity contribution in [3.8, 4) is 16.9 Å². The maximum atomic E-state index is 13.4. The van der Waals surface area contributed by atoms with E-state index < -0.39 is 12.0 Å². The van der Waals surface area contributed by atoms with Crippen molar-refractivity contribution < 1.29 is 14.3 Å². The zero-order valence-electron chi connectivity index (χ0n) is 18.2. The molecule has 4 aromatic rings. The van der Waals surface area contributed by atoms with Crippen molar-refractivity contribution in [3.05, 3.63) is 81.7 Å². The molecule has 0 saturated carbocycles. The summed E-state index contributed by atoms with van der Waals surface area (Å²) in [4.78, 5) is 32.2. The number of esters is 1. The van der Waals surface area contributed by atoms with E-state index in [0.29, 0.717) is 16.8 Å². The molecule has 0 aliphatic heterocycles. The van der Waals surface area contributed by atoms with E-state index in [-0.39, 0.29) is 12.2 Å². The van der Waals surface area contributed by atoms with Gasteiger partial charge in [0.15, 0.2) is 0 Å². The van der Waals surface area contributed by atoms with Crippen molar-refractivity contribution in [1.29, 1.82) is 0 Å². The van der Waals surface area contributed by atoms with E-state index >= 15 is 0 Å². The molecule has 6 nitrogen and oxygen atoms in total. The Hall–Kier alpha value is -3.45. The van der Waals surface area contributed by atoms with Crippen LogP contribution in [0.1, 0.15) is 30.3 Å². The number of rotatable bonds is 7. The number of carbonyl (C=O) groups is 1. The molecule has 0 aliphatic carbocycles. The zero-order chi connectivity index (χ0) is 22.7. The summed E-state index contributed by atoms with van der Waals surface area (Å²) in [6.07, 6.45) is 1.43. The highest BCUT2D eigenvalue weighted by Crippen LogP contribution is 2.36. The third-order valence-corrected chi connectivity index (χ3v) is 6.26. The Labute approximate surface area is 190 Å². The maximum Gasteiger partial charge on any atom is 0.329 e. The Morgan fingerprint density at radius 1 is 1.12 bits per heavy atom. The largest absolute Gasteiger partial charge is 0.494 e. The molecule has 0 aliphatic rings. The van der Waals surface area contributed by atoms with Gasteiger partial charge in [-0.1, -0.05) is 42.5 Å². The number of fused-ring (bicyclic) bond motifs is 1. The van der Waals surface area contributed by atoms with Crippen LogP contribution in [-0.4, -0.2) is 22.1 Å². The molecule has 32 heavy (non-hydrogen) atoms. The summed E-state index contributed by atoms with van der Waals surface area (Å²) in [5.41, 5.74) is 2.38. The summed E-state index contributed by atoms with van der Waals surface area (Å²) in [5, 5.41) is 0.516. The lowest BCUT2D eigenvalue weighted by Crippen LogP contribution is -2.29. The Morgan fingerprint density at radius 2 is 1.84 bits per heavy atom. The first kappa shape index (κ1) is 21.8. The average molecular weight is 449 g/mol. The predicted molar refractivity (Wildman–Crippen MR) is 126 cm³/mol. The van der Waals surface area contributed by atoms with E-state index in [1.54, 1.807) is 6.92 Å². The van der Waals surface area contributed by atoms with Gasteiger partial charge in [-0.2, -0.15) is 0 Å². The smallest absolute Gasteiger partial charge is 0.329 e. The fraction of sp³-hybridized carbons (Fsp3) is 0.240. The number of ether oxygens (including phenoxy) is 2. The van der Waals surface area contributed by atoms with E-state index in [4.69, 9.17) is 9.47 Å². The van der Waals surface area contributed by atoms with Gasteiger partial charge in [0.25, 0.3) is 5.56 Å². The van der Waals surface area contributed by atoms with Crippen LogP contribution in [-0.2, 0) is 16.1 Å². The minimum Gasteiger partial charge on any atom is -0.494 e. The normalized spacial score (nSPS) is 12.0. The van der Waals surface area contributed by atoms with Crippen LogP contribution in [0.25, 0.3) is 21.3 Å². The molecule has 0 fully saturated rings. The Morgan fingerprint density at radius 3 is 2.53 bits per heavy atom. The Bertz CT molecular complexity index is 1290. The van der Waals surface area contributed by atoms with Crippen LogP contribution in [0, 0.1) is 6.92 Å². The molecule has 2 heterocycles. The molecule has 0 amide bonds. The number of aromatic nitrogens is 2. The lowest BCUT2D eigenvalue weighted by Gasteiger charge is -2.14. The SMILES string of the molecule is CCOc1ccc(-c2c(C)sc3ncn(C(C)C(=O)OCc4ccccc4)c(=O)c23)cc1. The van der Waals surface area contributed by atoms with Crippen LogP contribution in [0.3, 0.4) is 0 Å². The molecule has 0 spiro atoms. The minimum atomic E-state index is -0.795. The fourth-order valence-corrected chi connectivity index (χ4v) is 4.59. The van der Waals surface area contributed by atoms with Crippen LogP contribution < -0.4 is 10.3 Å². The molecule has 2 aromatic carbocycles. The van der Waals surface area contributed by atoms with Gasteiger partial charge in [-0.25, -0.2) is 9.78 Å².